The molecule has 1 amide bonds. The Morgan fingerprint density at radius 2 is 1.76 bits per heavy atom. The van der Waals surface area contributed by atoms with Gasteiger partial charge in [-0.3, -0.25) is 4.79 Å². The van der Waals surface area contributed by atoms with Gasteiger partial charge in [0.15, 0.2) is 0 Å². The summed E-state index contributed by atoms with van der Waals surface area (Å²) in [5.74, 6) is -0.703. The Kier molecular flexibility index (Phi) is 8.29. The van der Waals surface area contributed by atoms with Gasteiger partial charge in [0.05, 0.1) is 0 Å². The second kappa shape index (κ2) is 11.4. The molecule has 0 fully saturated rings. The average Bonchev–Trinajstić information content (AvgIpc) is 3.37. The first-order valence-corrected chi connectivity index (χ1v) is 11.4. The SMILES string of the molecule is CCCCC(=O)N(Cc1ccc(-c2ccccc2-c2nn[nH]n2)cc1)[C@@H](C(=O)O)[C@@H](C)CC. The molecule has 2 atom stereocenters. The molecule has 3 rings (SSSR count). The molecule has 1 aromatic heterocycles. The summed E-state index contributed by atoms with van der Waals surface area (Å²) in [5, 5.41) is 24.2. The van der Waals surface area contributed by atoms with Crippen molar-refractivity contribution in [2.45, 2.75) is 59.0 Å². The van der Waals surface area contributed by atoms with Crippen LogP contribution in [0.2, 0.25) is 0 Å². The van der Waals surface area contributed by atoms with Crippen molar-refractivity contribution in [3.05, 3.63) is 54.1 Å². The lowest BCUT2D eigenvalue weighted by molar-refractivity contribution is -0.153. The minimum atomic E-state index is -0.958. The number of nitrogens with zero attached hydrogens (tertiary/aromatic N) is 4. The molecule has 1 heterocycles. The van der Waals surface area contributed by atoms with Gasteiger partial charge in [-0.2, -0.15) is 5.21 Å². The first-order chi connectivity index (χ1) is 16.0. The predicted octanol–water partition coefficient (Wildman–Crippen LogP) is 4.55. The summed E-state index contributed by atoms with van der Waals surface area (Å²) in [6.07, 6.45) is 2.66. The third kappa shape index (κ3) is 5.83. The molecule has 8 nitrogen and oxygen atoms in total. The van der Waals surface area contributed by atoms with Crippen LogP contribution in [0.15, 0.2) is 48.5 Å². The second-order valence-corrected chi connectivity index (χ2v) is 8.27. The fraction of sp³-hybridized carbons (Fsp3) is 0.400. The van der Waals surface area contributed by atoms with Crippen molar-refractivity contribution in [1.82, 2.24) is 25.5 Å². The quantitative estimate of drug-likeness (QED) is 0.444. The number of amides is 1. The first-order valence-electron chi connectivity index (χ1n) is 11.4. The van der Waals surface area contributed by atoms with E-state index in [4.69, 9.17) is 0 Å². The predicted molar refractivity (Wildman–Crippen MR) is 126 cm³/mol. The van der Waals surface area contributed by atoms with Gasteiger partial charge < -0.3 is 10.0 Å². The third-order valence-corrected chi connectivity index (χ3v) is 5.97. The number of carboxylic acid groups (broad SMARTS) is 1. The Balaban J connectivity index is 1.88. The van der Waals surface area contributed by atoms with Crippen LogP contribution in [0.5, 0.6) is 0 Å². The van der Waals surface area contributed by atoms with E-state index in [9.17, 15) is 14.7 Å². The van der Waals surface area contributed by atoms with Gasteiger partial charge in [-0.15, -0.1) is 10.2 Å². The number of hydrogen-bond acceptors (Lipinski definition) is 5. The molecule has 8 heteroatoms. The van der Waals surface area contributed by atoms with E-state index in [1.165, 1.54) is 4.90 Å². The minimum Gasteiger partial charge on any atom is -0.480 e. The van der Waals surface area contributed by atoms with Gasteiger partial charge in [0.2, 0.25) is 11.7 Å². The van der Waals surface area contributed by atoms with Crippen LogP contribution in [0.25, 0.3) is 22.5 Å². The summed E-state index contributed by atoms with van der Waals surface area (Å²) in [7, 11) is 0. The van der Waals surface area contributed by atoms with Crippen molar-refractivity contribution >= 4 is 11.9 Å². The number of benzene rings is 2. The number of carboxylic acids is 1. The van der Waals surface area contributed by atoms with Crippen LogP contribution in [0.4, 0.5) is 0 Å². The Morgan fingerprint density at radius 3 is 2.33 bits per heavy atom. The van der Waals surface area contributed by atoms with Gasteiger partial charge in [-0.25, -0.2) is 4.79 Å². The fourth-order valence-electron chi connectivity index (χ4n) is 3.91. The molecule has 2 N–H and O–H groups in total. The van der Waals surface area contributed by atoms with Crippen molar-refractivity contribution in [2.75, 3.05) is 0 Å². The summed E-state index contributed by atoms with van der Waals surface area (Å²) in [6.45, 7) is 6.12. The van der Waals surface area contributed by atoms with Gasteiger partial charge in [0, 0.05) is 18.5 Å². The molecule has 0 aliphatic carbocycles. The normalized spacial score (nSPS) is 12.8. The van der Waals surface area contributed by atoms with Gasteiger partial charge in [-0.05, 0) is 34.2 Å². The van der Waals surface area contributed by atoms with Gasteiger partial charge in [0.1, 0.15) is 6.04 Å². The van der Waals surface area contributed by atoms with Crippen LogP contribution < -0.4 is 0 Å². The van der Waals surface area contributed by atoms with Crippen molar-refractivity contribution in [1.29, 1.82) is 0 Å². The molecule has 0 aliphatic rings. The Labute approximate surface area is 194 Å². The Hall–Kier alpha value is -3.55. The zero-order valence-electron chi connectivity index (χ0n) is 19.4. The van der Waals surface area contributed by atoms with Crippen LogP contribution >= 0.6 is 0 Å². The molecule has 0 radical (unpaired) electrons. The van der Waals surface area contributed by atoms with E-state index >= 15 is 0 Å². The van der Waals surface area contributed by atoms with E-state index in [-0.39, 0.29) is 18.4 Å². The summed E-state index contributed by atoms with van der Waals surface area (Å²) in [4.78, 5) is 26.6. The Morgan fingerprint density at radius 1 is 1.06 bits per heavy atom. The molecule has 174 valence electrons. The van der Waals surface area contributed by atoms with Crippen LogP contribution in [0, 0.1) is 5.92 Å². The highest BCUT2D eigenvalue weighted by Gasteiger charge is 2.33. The number of unbranched alkanes of at least 4 members (excludes halogenated alkanes) is 1. The number of nitrogens with one attached hydrogen (secondary N) is 1. The Bertz CT molecular complexity index is 1050. The molecule has 0 saturated heterocycles. The van der Waals surface area contributed by atoms with Crippen LogP contribution in [-0.4, -0.2) is 48.5 Å². The highest BCUT2D eigenvalue weighted by molar-refractivity contribution is 5.84. The van der Waals surface area contributed by atoms with Gasteiger partial charge >= 0.3 is 5.97 Å². The number of H-pyrrole nitrogens is 1. The molecule has 3 aromatic rings. The van der Waals surface area contributed by atoms with E-state index in [0.717, 1.165) is 35.1 Å². The van der Waals surface area contributed by atoms with Crippen molar-refractivity contribution in [3.8, 4) is 22.5 Å². The number of aromatic amines is 1. The van der Waals surface area contributed by atoms with E-state index in [2.05, 4.69) is 20.6 Å². The maximum Gasteiger partial charge on any atom is 0.326 e. The van der Waals surface area contributed by atoms with E-state index in [0.29, 0.717) is 18.7 Å². The highest BCUT2D eigenvalue weighted by atomic mass is 16.4. The molecule has 0 spiro atoms. The summed E-state index contributed by atoms with van der Waals surface area (Å²) >= 11 is 0. The zero-order valence-corrected chi connectivity index (χ0v) is 19.4. The number of aromatic nitrogens is 4. The topological polar surface area (TPSA) is 112 Å². The molecule has 0 unspecified atom stereocenters. The van der Waals surface area contributed by atoms with Crippen molar-refractivity contribution in [2.24, 2.45) is 5.92 Å². The molecule has 0 saturated carbocycles. The average molecular weight is 450 g/mol. The number of hydrogen-bond donors (Lipinski definition) is 2. The second-order valence-electron chi connectivity index (χ2n) is 8.27. The number of rotatable bonds is 11. The maximum atomic E-state index is 13.0. The third-order valence-electron chi connectivity index (χ3n) is 5.97. The number of tetrazole rings is 1. The van der Waals surface area contributed by atoms with E-state index in [1.807, 2.05) is 69.3 Å². The monoisotopic (exact) mass is 449 g/mol. The zero-order chi connectivity index (χ0) is 23.8. The largest absolute Gasteiger partial charge is 0.480 e. The smallest absolute Gasteiger partial charge is 0.326 e. The maximum absolute atomic E-state index is 13.0. The first kappa shape index (κ1) is 24.1. The van der Waals surface area contributed by atoms with E-state index < -0.39 is 12.0 Å². The number of aliphatic carboxylic acids is 1. The minimum absolute atomic E-state index is 0.115. The molecule has 0 aliphatic heterocycles. The lowest BCUT2D eigenvalue weighted by Crippen LogP contribution is -2.48. The number of carbonyl (C=O) groups is 2. The summed E-state index contributed by atoms with van der Waals surface area (Å²) in [5.41, 5.74) is 3.68. The van der Waals surface area contributed by atoms with Crippen LogP contribution in [-0.2, 0) is 16.1 Å². The lowest BCUT2D eigenvalue weighted by Gasteiger charge is -2.33. The van der Waals surface area contributed by atoms with Gasteiger partial charge in [-0.1, -0.05) is 82.1 Å². The van der Waals surface area contributed by atoms with Crippen LogP contribution in [0.3, 0.4) is 0 Å². The molecule has 33 heavy (non-hydrogen) atoms. The van der Waals surface area contributed by atoms with Crippen molar-refractivity contribution < 1.29 is 14.7 Å². The standard InChI is InChI=1S/C25H31N5O3/c1-4-6-11-22(31)30(23(25(32)33)17(3)5-2)16-18-12-14-19(15-13-18)20-9-7-8-10-21(20)24-26-28-29-27-24/h7-10,12-15,17,23H,4-6,11,16H2,1-3H3,(H,32,33)(H,26,27,28,29)/t17-,23+/m0/s1. The lowest BCUT2D eigenvalue weighted by atomic mass is 9.95. The molecular weight excluding hydrogens is 418 g/mol. The fourth-order valence-corrected chi connectivity index (χ4v) is 3.91. The summed E-state index contributed by atoms with van der Waals surface area (Å²) < 4.78 is 0. The van der Waals surface area contributed by atoms with Gasteiger partial charge in [0.25, 0.3) is 0 Å². The van der Waals surface area contributed by atoms with Crippen molar-refractivity contribution in [3.63, 3.8) is 0 Å². The molecular formula is C25H31N5O3. The molecule has 0 bridgehead atoms. The molecule has 2 aromatic carbocycles. The van der Waals surface area contributed by atoms with Crippen LogP contribution in [0.1, 0.15) is 52.0 Å². The summed E-state index contributed by atoms with van der Waals surface area (Å²) in [6, 6.07) is 14.8. The number of carbonyl (C=O) groups excluding carboxylic acids is 1. The highest BCUT2D eigenvalue weighted by Crippen LogP contribution is 2.30. The van der Waals surface area contributed by atoms with E-state index in [1.54, 1.807) is 0 Å².